The molecule has 0 N–H and O–H groups in total. The van der Waals surface area contributed by atoms with Crippen molar-refractivity contribution in [2.75, 3.05) is 7.05 Å². The smallest absolute Gasteiger partial charge is 0.264 e. The predicted octanol–water partition coefficient (Wildman–Crippen LogP) is 4.08. The fourth-order valence-electron chi connectivity index (χ4n) is 5.93. The molecular formula is C27H26FN7O3S2. The first-order chi connectivity index (χ1) is 19.3. The van der Waals surface area contributed by atoms with E-state index < -0.39 is 21.5 Å². The lowest BCUT2D eigenvalue weighted by Gasteiger charge is -2.45. The van der Waals surface area contributed by atoms with Gasteiger partial charge >= 0.3 is 0 Å². The molecule has 3 aliphatic rings. The van der Waals surface area contributed by atoms with Crippen LogP contribution in [0.2, 0.25) is 0 Å². The third-order valence-corrected chi connectivity index (χ3v) is 10.8. The molecule has 0 saturated heterocycles. The van der Waals surface area contributed by atoms with Gasteiger partial charge in [0.1, 0.15) is 5.82 Å². The summed E-state index contributed by atoms with van der Waals surface area (Å²) in [5.74, 6) is -0.437. The molecule has 0 unspecified atom stereocenters. The van der Waals surface area contributed by atoms with Gasteiger partial charge in [0.15, 0.2) is 5.01 Å². The number of sulfonamides is 1. The molecular weight excluding hydrogens is 553 g/mol. The van der Waals surface area contributed by atoms with E-state index in [2.05, 4.69) is 20.3 Å². The molecule has 10 nitrogen and oxygen atoms in total. The number of carbonyl (C=O) groups is 1. The highest BCUT2D eigenvalue weighted by atomic mass is 32.2. The summed E-state index contributed by atoms with van der Waals surface area (Å²) < 4.78 is 43.9. The highest BCUT2D eigenvalue weighted by molar-refractivity contribution is 7.89. The Morgan fingerprint density at radius 2 is 1.95 bits per heavy atom. The van der Waals surface area contributed by atoms with E-state index in [1.807, 2.05) is 6.08 Å². The Bertz CT molecular complexity index is 1740. The summed E-state index contributed by atoms with van der Waals surface area (Å²) in [5, 5.41) is 15.1. The summed E-state index contributed by atoms with van der Waals surface area (Å²) in [7, 11) is -2.35. The van der Waals surface area contributed by atoms with E-state index in [0.717, 1.165) is 35.4 Å². The topological polar surface area (TPSA) is 116 Å². The zero-order valence-electron chi connectivity index (χ0n) is 21.6. The molecule has 3 aliphatic carbocycles. The van der Waals surface area contributed by atoms with Crippen LogP contribution in [0.25, 0.3) is 11.8 Å². The molecule has 4 aromatic rings. The van der Waals surface area contributed by atoms with Gasteiger partial charge in [0, 0.05) is 24.7 Å². The van der Waals surface area contributed by atoms with Crippen LogP contribution < -0.4 is 0 Å². The molecule has 7 rings (SSSR count). The zero-order chi connectivity index (χ0) is 27.6. The summed E-state index contributed by atoms with van der Waals surface area (Å²) in [4.78, 5) is 20.0. The van der Waals surface area contributed by atoms with Gasteiger partial charge in [-0.1, -0.05) is 5.57 Å². The van der Waals surface area contributed by atoms with Crippen LogP contribution >= 0.6 is 11.3 Å². The largest absolute Gasteiger partial charge is 0.290 e. The fraction of sp³-hybridized carbons (Fsp3) is 0.370. The third kappa shape index (κ3) is 4.06. The minimum atomic E-state index is -3.92. The monoisotopic (exact) mass is 579 g/mol. The third-order valence-electron chi connectivity index (χ3n) is 8.29. The first-order valence-electron chi connectivity index (χ1n) is 13.1. The summed E-state index contributed by atoms with van der Waals surface area (Å²) >= 11 is 1.29. The highest BCUT2D eigenvalue weighted by Crippen LogP contribution is 2.51. The number of halogens is 1. The van der Waals surface area contributed by atoms with Gasteiger partial charge in [-0.05, 0) is 74.4 Å². The maximum absolute atomic E-state index is 14.2. The van der Waals surface area contributed by atoms with Crippen molar-refractivity contribution in [1.29, 1.82) is 0 Å². The Morgan fingerprint density at radius 3 is 2.67 bits per heavy atom. The molecule has 40 heavy (non-hydrogen) atoms. The number of hydrogen-bond acceptors (Lipinski definition) is 8. The standard InChI is InChI=1S/C27H26FN7O3S2/c1-33(40(37,38)24-16-31-35(32-24)21-8-9-21)22-5-2-18-12-23-17(15-30-34(23)20-6-3-19(28)4-7-20)13-27(18,14-22)25(36)26-29-10-11-39-26/h3-4,6-7,10-12,15-16,21-22H,2,5,8-9,13-14H2,1H3/t22-,27-/m0/s1. The average Bonchev–Trinajstić information content (AvgIpc) is 3.34. The number of allylic oxidation sites excluding steroid dienone is 1. The van der Waals surface area contributed by atoms with E-state index in [-0.39, 0.29) is 22.7 Å². The van der Waals surface area contributed by atoms with Crippen LogP contribution in [0.3, 0.4) is 0 Å². The number of rotatable bonds is 7. The molecule has 3 heterocycles. The lowest BCUT2D eigenvalue weighted by Crippen LogP contribution is -2.49. The summed E-state index contributed by atoms with van der Waals surface area (Å²) in [6, 6.07) is 5.86. The van der Waals surface area contributed by atoms with Crippen LogP contribution in [0.5, 0.6) is 0 Å². The van der Waals surface area contributed by atoms with Crippen molar-refractivity contribution in [3.63, 3.8) is 0 Å². The minimum absolute atomic E-state index is 0.0740. The molecule has 1 aromatic carbocycles. The molecule has 0 amide bonds. The lowest BCUT2D eigenvalue weighted by atomic mass is 9.61. The second-order valence-electron chi connectivity index (χ2n) is 10.7. The number of carbonyl (C=O) groups excluding carboxylic acids is 1. The summed E-state index contributed by atoms with van der Waals surface area (Å²) in [5.41, 5.74) is 2.42. The fourth-order valence-corrected chi connectivity index (χ4v) is 7.84. The van der Waals surface area contributed by atoms with E-state index in [9.17, 15) is 17.6 Å². The van der Waals surface area contributed by atoms with Crippen LogP contribution in [0, 0.1) is 11.2 Å². The number of aromatic nitrogens is 6. The second-order valence-corrected chi connectivity index (χ2v) is 13.5. The van der Waals surface area contributed by atoms with Crippen LogP contribution in [-0.2, 0) is 16.4 Å². The first kappa shape index (κ1) is 25.4. The molecule has 2 atom stereocenters. The van der Waals surface area contributed by atoms with Gasteiger partial charge in [-0.2, -0.15) is 19.3 Å². The van der Waals surface area contributed by atoms with Crippen LogP contribution in [0.15, 0.2) is 58.8 Å². The van der Waals surface area contributed by atoms with Crippen molar-refractivity contribution in [3.05, 3.63) is 75.9 Å². The average molecular weight is 580 g/mol. The number of fused-ring (bicyclic) bond motifs is 2. The van der Waals surface area contributed by atoms with Crippen molar-refractivity contribution in [1.82, 2.24) is 34.1 Å². The van der Waals surface area contributed by atoms with Gasteiger partial charge in [0.2, 0.25) is 10.8 Å². The van der Waals surface area contributed by atoms with Crippen LogP contribution in [-0.4, -0.2) is 61.4 Å². The number of nitrogens with zero attached hydrogens (tertiary/aromatic N) is 7. The molecule has 0 radical (unpaired) electrons. The summed E-state index contributed by atoms with van der Waals surface area (Å²) in [6.45, 7) is 0. The number of hydrogen-bond donors (Lipinski definition) is 0. The van der Waals surface area contributed by atoms with Gasteiger partial charge < -0.3 is 0 Å². The van der Waals surface area contributed by atoms with Gasteiger partial charge in [-0.25, -0.2) is 22.5 Å². The first-order valence-corrected chi connectivity index (χ1v) is 15.5. The van der Waals surface area contributed by atoms with Gasteiger partial charge in [0.05, 0.1) is 35.2 Å². The molecule has 0 aliphatic heterocycles. The number of ketones is 1. The number of benzene rings is 1. The van der Waals surface area contributed by atoms with Gasteiger partial charge in [-0.15, -0.1) is 16.4 Å². The van der Waals surface area contributed by atoms with Gasteiger partial charge in [0.25, 0.3) is 10.0 Å². The van der Waals surface area contributed by atoms with Crippen molar-refractivity contribution >= 4 is 33.2 Å². The molecule has 0 spiro atoms. The maximum Gasteiger partial charge on any atom is 0.264 e. The Balaban J connectivity index is 1.25. The number of Topliss-reactive ketones (excluding diaryl/α,β-unsaturated/α-hetero) is 1. The van der Waals surface area contributed by atoms with E-state index in [1.165, 1.54) is 38.8 Å². The highest BCUT2D eigenvalue weighted by Gasteiger charge is 2.51. The Labute approximate surface area is 234 Å². The Morgan fingerprint density at radius 1 is 1.15 bits per heavy atom. The molecule has 0 bridgehead atoms. The van der Waals surface area contributed by atoms with E-state index in [0.29, 0.717) is 30.7 Å². The molecule has 2 fully saturated rings. The van der Waals surface area contributed by atoms with Gasteiger partial charge in [-0.3, -0.25) is 4.79 Å². The van der Waals surface area contributed by atoms with E-state index in [4.69, 9.17) is 0 Å². The molecule has 13 heteroatoms. The Hall–Kier alpha value is -3.55. The van der Waals surface area contributed by atoms with Crippen molar-refractivity contribution < 1.29 is 17.6 Å². The Kier molecular flexibility index (Phi) is 5.88. The zero-order valence-corrected chi connectivity index (χ0v) is 23.3. The van der Waals surface area contributed by atoms with Crippen LogP contribution in [0.1, 0.15) is 59.2 Å². The van der Waals surface area contributed by atoms with E-state index in [1.54, 1.807) is 41.6 Å². The van der Waals surface area contributed by atoms with Crippen molar-refractivity contribution in [2.24, 2.45) is 5.41 Å². The summed E-state index contributed by atoms with van der Waals surface area (Å²) in [6.07, 6.45) is 10.3. The van der Waals surface area contributed by atoms with Crippen LogP contribution in [0.4, 0.5) is 4.39 Å². The second kappa shape index (κ2) is 9.25. The minimum Gasteiger partial charge on any atom is -0.290 e. The van der Waals surface area contributed by atoms with Crippen molar-refractivity contribution in [2.45, 2.75) is 55.6 Å². The molecule has 2 saturated carbocycles. The molecule has 206 valence electrons. The number of thiazole rings is 1. The maximum atomic E-state index is 14.2. The van der Waals surface area contributed by atoms with E-state index >= 15 is 0 Å². The predicted molar refractivity (Wildman–Crippen MR) is 145 cm³/mol. The SMILES string of the molecule is CN([C@H]1CCC2=Cc3c(cnn3-c3ccc(F)cc3)C[C@]2(C(=O)c2nccs2)C1)S(=O)(=O)c1cnn(C2CC2)n1. The van der Waals surface area contributed by atoms with Crippen molar-refractivity contribution in [3.8, 4) is 5.69 Å². The molecule has 3 aromatic heterocycles. The quantitative estimate of drug-likeness (QED) is 0.303. The normalized spacial score (nSPS) is 22.6. The lowest BCUT2D eigenvalue weighted by molar-refractivity contribution is 0.0752.